The van der Waals surface area contributed by atoms with Gasteiger partial charge in [-0.3, -0.25) is 9.69 Å². The van der Waals surface area contributed by atoms with Gasteiger partial charge in [0.1, 0.15) is 5.75 Å². The number of amides is 3. The molecule has 2 saturated heterocycles. The quantitative estimate of drug-likeness (QED) is 0.854. The highest BCUT2D eigenvalue weighted by Gasteiger charge is 2.26. The summed E-state index contributed by atoms with van der Waals surface area (Å²) in [5.41, 5.74) is 0.718. The van der Waals surface area contributed by atoms with Crippen molar-refractivity contribution in [1.29, 1.82) is 0 Å². The average molecular weight is 362 g/mol. The molecule has 0 atom stereocenters. The minimum Gasteiger partial charge on any atom is -0.497 e. The number of ether oxygens (including phenoxy) is 2. The highest BCUT2D eigenvalue weighted by molar-refractivity contribution is 5.92. The lowest BCUT2D eigenvalue weighted by Gasteiger charge is -2.38. The van der Waals surface area contributed by atoms with Crippen LogP contribution >= 0.6 is 0 Å². The summed E-state index contributed by atoms with van der Waals surface area (Å²) in [6, 6.07) is 7.37. The SMILES string of the molecule is COc1cccc(NC(=O)CN2CCN(C(=O)N3CCOCC3)CC2)c1. The molecule has 0 spiro atoms. The topological polar surface area (TPSA) is 74.4 Å². The molecule has 8 heteroatoms. The summed E-state index contributed by atoms with van der Waals surface area (Å²) in [7, 11) is 1.60. The van der Waals surface area contributed by atoms with Crippen molar-refractivity contribution in [2.45, 2.75) is 0 Å². The van der Waals surface area contributed by atoms with Crippen LogP contribution in [-0.4, -0.2) is 92.8 Å². The normalized spacial score (nSPS) is 18.5. The van der Waals surface area contributed by atoms with E-state index in [0.29, 0.717) is 64.8 Å². The van der Waals surface area contributed by atoms with Crippen LogP contribution in [0.3, 0.4) is 0 Å². The van der Waals surface area contributed by atoms with E-state index < -0.39 is 0 Å². The summed E-state index contributed by atoms with van der Waals surface area (Å²) < 4.78 is 10.4. The lowest BCUT2D eigenvalue weighted by molar-refractivity contribution is -0.117. The molecule has 8 nitrogen and oxygen atoms in total. The summed E-state index contributed by atoms with van der Waals surface area (Å²) in [5.74, 6) is 0.643. The van der Waals surface area contributed by atoms with Gasteiger partial charge >= 0.3 is 6.03 Å². The minimum absolute atomic E-state index is 0.0637. The smallest absolute Gasteiger partial charge is 0.320 e. The van der Waals surface area contributed by atoms with Crippen molar-refractivity contribution in [3.8, 4) is 5.75 Å². The number of nitrogens with zero attached hydrogens (tertiary/aromatic N) is 3. The van der Waals surface area contributed by atoms with Crippen molar-refractivity contribution < 1.29 is 19.1 Å². The van der Waals surface area contributed by atoms with Crippen molar-refractivity contribution >= 4 is 17.6 Å². The van der Waals surface area contributed by atoms with Crippen LogP contribution in [0.2, 0.25) is 0 Å². The number of rotatable bonds is 4. The molecule has 2 aliphatic rings. The van der Waals surface area contributed by atoms with Gasteiger partial charge in [0.2, 0.25) is 5.91 Å². The number of carbonyl (C=O) groups excluding carboxylic acids is 2. The number of morpholine rings is 1. The fraction of sp³-hybridized carbons (Fsp3) is 0.556. The molecule has 142 valence electrons. The van der Waals surface area contributed by atoms with Gasteiger partial charge in [-0.05, 0) is 12.1 Å². The molecule has 0 unspecified atom stereocenters. The molecule has 1 N–H and O–H groups in total. The van der Waals surface area contributed by atoms with Crippen LogP contribution in [0.5, 0.6) is 5.75 Å². The molecule has 0 saturated carbocycles. The summed E-state index contributed by atoms with van der Waals surface area (Å²) in [4.78, 5) is 30.5. The maximum Gasteiger partial charge on any atom is 0.320 e. The molecule has 1 aromatic carbocycles. The van der Waals surface area contributed by atoms with Gasteiger partial charge in [-0.1, -0.05) is 6.07 Å². The second-order valence-electron chi connectivity index (χ2n) is 6.43. The first-order valence-corrected chi connectivity index (χ1v) is 8.93. The molecular formula is C18H26N4O4. The molecule has 26 heavy (non-hydrogen) atoms. The van der Waals surface area contributed by atoms with E-state index in [1.54, 1.807) is 13.2 Å². The Morgan fingerprint density at radius 3 is 2.46 bits per heavy atom. The predicted molar refractivity (Wildman–Crippen MR) is 97.4 cm³/mol. The largest absolute Gasteiger partial charge is 0.497 e. The molecule has 0 bridgehead atoms. The summed E-state index contributed by atoms with van der Waals surface area (Å²) in [5, 5.41) is 2.89. The van der Waals surface area contributed by atoms with Crippen LogP contribution in [0.1, 0.15) is 0 Å². The number of hydrogen-bond acceptors (Lipinski definition) is 5. The van der Waals surface area contributed by atoms with Crippen molar-refractivity contribution in [1.82, 2.24) is 14.7 Å². The van der Waals surface area contributed by atoms with E-state index in [9.17, 15) is 9.59 Å². The molecular weight excluding hydrogens is 336 g/mol. The first kappa shape index (κ1) is 18.5. The maximum absolute atomic E-state index is 12.5. The Labute approximate surface area is 153 Å². The first-order valence-electron chi connectivity index (χ1n) is 8.93. The zero-order valence-electron chi connectivity index (χ0n) is 15.1. The fourth-order valence-corrected chi connectivity index (χ4v) is 3.16. The van der Waals surface area contributed by atoms with E-state index >= 15 is 0 Å². The first-order chi connectivity index (χ1) is 12.7. The van der Waals surface area contributed by atoms with Crippen molar-refractivity contribution in [2.24, 2.45) is 0 Å². The highest BCUT2D eigenvalue weighted by atomic mass is 16.5. The third kappa shape index (κ3) is 4.86. The van der Waals surface area contributed by atoms with Crippen LogP contribution in [0, 0.1) is 0 Å². The van der Waals surface area contributed by atoms with E-state index in [0.717, 1.165) is 5.69 Å². The van der Waals surface area contributed by atoms with Crippen molar-refractivity contribution in [3.05, 3.63) is 24.3 Å². The Kier molecular flexibility index (Phi) is 6.30. The molecule has 1 aromatic rings. The predicted octanol–water partition coefficient (Wildman–Crippen LogP) is 0.704. The molecule has 3 rings (SSSR count). The van der Waals surface area contributed by atoms with Gasteiger partial charge in [0, 0.05) is 51.0 Å². The Balaban J connectivity index is 1.43. The van der Waals surface area contributed by atoms with Gasteiger partial charge in [0.05, 0.1) is 26.9 Å². The lowest BCUT2D eigenvalue weighted by atomic mass is 10.3. The molecule has 0 aromatic heterocycles. The van der Waals surface area contributed by atoms with E-state index in [2.05, 4.69) is 10.2 Å². The van der Waals surface area contributed by atoms with E-state index in [1.807, 2.05) is 28.0 Å². The molecule has 0 radical (unpaired) electrons. The third-order valence-electron chi connectivity index (χ3n) is 4.65. The second-order valence-corrected chi connectivity index (χ2v) is 6.43. The molecule has 2 aliphatic heterocycles. The Morgan fingerprint density at radius 1 is 1.08 bits per heavy atom. The number of anilines is 1. The Hall–Kier alpha value is -2.32. The minimum atomic E-state index is -0.0637. The number of hydrogen-bond donors (Lipinski definition) is 1. The highest BCUT2D eigenvalue weighted by Crippen LogP contribution is 2.16. The number of urea groups is 1. The van der Waals surface area contributed by atoms with Crippen LogP contribution in [0.15, 0.2) is 24.3 Å². The average Bonchev–Trinajstić information content (AvgIpc) is 2.69. The fourth-order valence-electron chi connectivity index (χ4n) is 3.16. The van der Waals surface area contributed by atoms with Crippen molar-refractivity contribution in [3.63, 3.8) is 0 Å². The van der Waals surface area contributed by atoms with Gasteiger partial charge in [0.25, 0.3) is 0 Å². The van der Waals surface area contributed by atoms with Crippen LogP contribution in [-0.2, 0) is 9.53 Å². The van der Waals surface area contributed by atoms with Crippen LogP contribution in [0.25, 0.3) is 0 Å². The zero-order valence-corrected chi connectivity index (χ0v) is 15.1. The van der Waals surface area contributed by atoms with Gasteiger partial charge in [0.15, 0.2) is 0 Å². The van der Waals surface area contributed by atoms with Gasteiger partial charge in [-0.15, -0.1) is 0 Å². The number of methoxy groups -OCH3 is 1. The van der Waals surface area contributed by atoms with E-state index in [4.69, 9.17) is 9.47 Å². The second kappa shape index (κ2) is 8.86. The molecule has 2 fully saturated rings. The molecule has 2 heterocycles. The van der Waals surface area contributed by atoms with Crippen molar-refractivity contribution in [2.75, 3.05) is 71.5 Å². The Bertz CT molecular complexity index is 625. The van der Waals surface area contributed by atoms with Gasteiger partial charge in [-0.25, -0.2) is 4.79 Å². The third-order valence-corrected chi connectivity index (χ3v) is 4.65. The van der Waals surface area contributed by atoms with Gasteiger partial charge in [-0.2, -0.15) is 0 Å². The maximum atomic E-state index is 12.5. The van der Waals surface area contributed by atoms with Crippen LogP contribution in [0.4, 0.5) is 10.5 Å². The molecule has 3 amide bonds. The molecule has 0 aliphatic carbocycles. The van der Waals surface area contributed by atoms with Gasteiger partial charge < -0.3 is 24.6 Å². The summed E-state index contributed by atoms with van der Waals surface area (Å²) >= 11 is 0. The van der Waals surface area contributed by atoms with Crippen LogP contribution < -0.4 is 10.1 Å². The summed E-state index contributed by atoms with van der Waals surface area (Å²) in [6.07, 6.45) is 0. The number of piperazine rings is 1. The number of nitrogens with one attached hydrogen (secondary N) is 1. The van der Waals surface area contributed by atoms with E-state index in [1.165, 1.54) is 0 Å². The zero-order chi connectivity index (χ0) is 18.4. The van der Waals surface area contributed by atoms with E-state index in [-0.39, 0.29) is 11.9 Å². The Morgan fingerprint density at radius 2 is 1.77 bits per heavy atom. The number of benzene rings is 1. The number of carbonyl (C=O) groups is 2. The lowest BCUT2D eigenvalue weighted by Crippen LogP contribution is -2.55. The monoisotopic (exact) mass is 362 g/mol. The standard InChI is InChI=1S/C18H26N4O4/c1-25-16-4-2-3-15(13-16)19-17(23)14-20-5-7-21(8-6-20)18(24)22-9-11-26-12-10-22/h2-4,13H,5-12,14H2,1H3,(H,19,23). The summed E-state index contributed by atoms with van der Waals surface area (Å²) in [6.45, 7) is 5.52.